The van der Waals surface area contributed by atoms with E-state index in [2.05, 4.69) is 18.7 Å². The van der Waals surface area contributed by atoms with Crippen molar-refractivity contribution in [3.63, 3.8) is 0 Å². The topological polar surface area (TPSA) is 53.1 Å². The zero-order valence-corrected chi connectivity index (χ0v) is 23.4. The molecule has 0 aromatic heterocycles. The number of ether oxygens (including phenoxy) is 1. The quantitative estimate of drug-likeness (QED) is 0.461. The molecule has 2 atom stereocenters. The molecule has 39 heavy (non-hydrogen) atoms. The Morgan fingerprint density at radius 1 is 1.05 bits per heavy atom. The van der Waals surface area contributed by atoms with E-state index in [0.29, 0.717) is 24.2 Å². The van der Waals surface area contributed by atoms with E-state index in [9.17, 15) is 22.8 Å². The Labute approximate surface area is 232 Å². The summed E-state index contributed by atoms with van der Waals surface area (Å²) in [6.07, 6.45) is -3.11. The highest BCUT2D eigenvalue weighted by Crippen LogP contribution is 2.38. The molecule has 6 nitrogen and oxygen atoms in total. The number of hydrogen-bond donors (Lipinski definition) is 0. The number of benzene rings is 2. The maximum absolute atomic E-state index is 13.6. The van der Waals surface area contributed by atoms with E-state index in [4.69, 9.17) is 16.3 Å². The van der Waals surface area contributed by atoms with E-state index >= 15 is 0 Å². The molecule has 2 aromatic carbocycles. The Kier molecular flexibility index (Phi) is 8.81. The number of piperidine rings is 1. The standard InChI is InChI=1S/C29H35ClF3N3O3/c1-18(2)35-13-11-20(12-14-35)28(38)36-16-23(19-5-8-22(30)9-6-19)25(17-36)34(3)27(37)21-7-10-26(39-4)24(15-21)29(31,32)33/h5-10,15,18,20,23,25H,11-14,16-17H2,1-4H3. The summed E-state index contributed by atoms with van der Waals surface area (Å²) in [6, 6.07) is 10.6. The molecule has 0 N–H and O–H groups in total. The van der Waals surface area contributed by atoms with Gasteiger partial charge in [0.2, 0.25) is 5.91 Å². The van der Waals surface area contributed by atoms with Crippen molar-refractivity contribution in [1.29, 1.82) is 0 Å². The van der Waals surface area contributed by atoms with Crippen LogP contribution in [0, 0.1) is 5.92 Å². The molecule has 2 saturated heterocycles. The van der Waals surface area contributed by atoms with E-state index in [1.807, 2.05) is 17.0 Å². The van der Waals surface area contributed by atoms with Crippen LogP contribution < -0.4 is 4.74 Å². The van der Waals surface area contributed by atoms with Gasteiger partial charge in [-0.15, -0.1) is 0 Å². The summed E-state index contributed by atoms with van der Waals surface area (Å²) in [5.41, 5.74) is -0.180. The van der Waals surface area contributed by atoms with Gasteiger partial charge in [-0.25, -0.2) is 0 Å². The first-order valence-corrected chi connectivity index (χ1v) is 13.6. The van der Waals surface area contributed by atoms with Crippen LogP contribution in [0.5, 0.6) is 5.75 Å². The Balaban J connectivity index is 1.58. The van der Waals surface area contributed by atoms with Gasteiger partial charge in [0.25, 0.3) is 5.91 Å². The van der Waals surface area contributed by atoms with Gasteiger partial charge in [0.05, 0.1) is 18.7 Å². The smallest absolute Gasteiger partial charge is 0.419 e. The fourth-order valence-electron chi connectivity index (χ4n) is 5.73. The molecule has 10 heteroatoms. The number of hydrogen-bond acceptors (Lipinski definition) is 4. The molecule has 2 heterocycles. The zero-order valence-electron chi connectivity index (χ0n) is 22.7. The normalized spacial score (nSPS) is 20.9. The molecule has 2 amide bonds. The highest BCUT2D eigenvalue weighted by molar-refractivity contribution is 6.30. The molecule has 2 aromatic rings. The van der Waals surface area contributed by atoms with E-state index in [0.717, 1.165) is 50.7 Å². The van der Waals surface area contributed by atoms with Gasteiger partial charge >= 0.3 is 6.18 Å². The maximum atomic E-state index is 13.6. The number of rotatable bonds is 6. The Morgan fingerprint density at radius 3 is 2.26 bits per heavy atom. The second kappa shape index (κ2) is 11.8. The summed E-state index contributed by atoms with van der Waals surface area (Å²) < 4.78 is 45.7. The number of carbonyl (C=O) groups excluding carboxylic acids is 2. The van der Waals surface area contributed by atoms with Crippen LogP contribution in [0.1, 0.15) is 54.1 Å². The Morgan fingerprint density at radius 2 is 1.69 bits per heavy atom. The molecule has 212 valence electrons. The number of nitrogens with zero attached hydrogens (tertiary/aromatic N) is 3. The van der Waals surface area contributed by atoms with Crippen molar-refractivity contribution in [3.05, 3.63) is 64.2 Å². The largest absolute Gasteiger partial charge is 0.496 e. The van der Waals surface area contributed by atoms with Crippen LogP contribution in [-0.4, -0.2) is 78.9 Å². The molecular weight excluding hydrogens is 531 g/mol. The van der Waals surface area contributed by atoms with E-state index in [-0.39, 0.29) is 29.1 Å². The van der Waals surface area contributed by atoms with Crippen molar-refractivity contribution >= 4 is 23.4 Å². The minimum absolute atomic E-state index is 0.0736. The highest BCUT2D eigenvalue weighted by Gasteiger charge is 2.43. The number of alkyl halides is 3. The second-order valence-corrected chi connectivity index (χ2v) is 11.1. The SMILES string of the molecule is COc1ccc(C(=O)N(C)C2CN(C(=O)C3CCN(C(C)C)CC3)CC2c2ccc(Cl)cc2)cc1C(F)(F)F. The first-order chi connectivity index (χ1) is 18.4. The van der Waals surface area contributed by atoms with E-state index < -0.39 is 23.7 Å². The summed E-state index contributed by atoms with van der Waals surface area (Å²) in [4.78, 5) is 32.7. The minimum atomic E-state index is -4.67. The average Bonchev–Trinajstić information content (AvgIpc) is 3.37. The third-order valence-electron chi connectivity index (χ3n) is 8.08. The van der Waals surface area contributed by atoms with E-state index in [1.54, 1.807) is 19.2 Å². The maximum Gasteiger partial charge on any atom is 0.419 e. The van der Waals surface area contributed by atoms with Crippen molar-refractivity contribution in [2.45, 2.75) is 50.9 Å². The molecule has 0 bridgehead atoms. The van der Waals surface area contributed by atoms with Gasteiger partial charge in [-0.05, 0) is 75.7 Å². The van der Waals surface area contributed by atoms with Crippen LogP contribution in [0.25, 0.3) is 0 Å². The van der Waals surface area contributed by atoms with Crippen LogP contribution in [-0.2, 0) is 11.0 Å². The lowest BCUT2D eigenvalue weighted by Crippen LogP contribution is -2.45. The van der Waals surface area contributed by atoms with Gasteiger partial charge in [0.1, 0.15) is 5.75 Å². The van der Waals surface area contributed by atoms with Crippen molar-refractivity contribution < 1.29 is 27.5 Å². The van der Waals surface area contributed by atoms with E-state index in [1.165, 1.54) is 11.0 Å². The predicted molar refractivity (Wildman–Crippen MR) is 144 cm³/mol. The van der Waals surface area contributed by atoms with Gasteiger partial charge in [0, 0.05) is 48.6 Å². The number of carbonyl (C=O) groups is 2. The molecule has 0 radical (unpaired) electrons. The lowest BCUT2D eigenvalue weighted by molar-refractivity contribution is -0.139. The number of likely N-dealkylation sites (tertiary alicyclic amines) is 2. The van der Waals surface area contributed by atoms with Crippen molar-refractivity contribution in [2.75, 3.05) is 40.3 Å². The van der Waals surface area contributed by atoms with Gasteiger partial charge in [0.15, 0.2) is 0 Å². The predicted octanol–water partition coefficient (Wildman–Crippen LogP) is 5.55. The Bertz CT molecular complexity index is 1180. The third-order valence-corrected chi connectivity index (χ3v) is 8.33. The van der Waals surface area contributed by atoms with Crippen LogP contribution in [0.3, 0.4) is 0 Å². The van der Waals surface area contributed by atoms with Crippen LogP contribution in [0.15, 0.2) is 42.5 Å². The van der Waals surface area contributed by atoms with Gasteiger partial charge in [-0.2, -0.15) is 13.2 Å². The summed E-state index contributed by atoms with van der Waals surface area (Å²) in [5, 5.41) is 0.570. The number of methoxy groups -OCH3 is 1. The molecule has 4 rings (SSSR count). The minimum Gasteiger partial charge on any atom is -0.496 e. The lowest BCUT2D eigenvalue weighted by atomic mass is 9.93. The van der Waals surface area contributed by atoms with Crippen molar-refractivity contribution in [1.82, 2.24) is 14.7 Å². The van der Waals surface area contributed by atoms with Gasteiger partial charge in [-0.3, -0.25) is 9.59 Å². The highest BCUT2D eigenvalue weighted by atomic mass is 35.5. The van der Waals surface area contributed by atoms with Crippen molar-refractivity contribution in [2.24, 2.45) is 5.92 Å². The summed E-state index contributed by atoms with van der Waals surface area (Å²) in [6.45, 7) is 6.76. The molecule has 0 aliphatic carbocycles. The summed E-state index contributed by atoms with van der Waals surface area (Å²) in [7, 11) is 2.74. The first-order valence-electron chi connectivity index (χ1n) is 13.2. The second-order valence-electron chi connectivity index (χ2n) is 10.7. The average molecular weight is 566 g/mol. The number of halogens is 4. The van der Waals surface area contributed by atoms with Crippen LogP contribution >= 0.6 is 11.6 Å². The summed E-state index contributed by atoms with van der Waals surface area (Å²) in [5.74, 6) is -1.11. The number of amides is 2. The third kappa shape index (κ3) is 6.35. The molecule has 2 unspecified atom stereocenters. The van der Waals surface area contributed by atoms with Crippen LogP contribution in [0.2, 0.25) is 5.02 Å². The lowest BCUT2D eigenvalue weighted by Gasteiger charge is -2.35. The number of likely N-dealkylation sites (N-methyl/N-ethyl adjacent to an activating group) is 1. The molecule has 2 fully saturated rings. The molecule has 2 aliphatic heterocycles. The molecular formula is C29H35ClF3N3O3. The van der Waals surface area contributed by atoms with Gasteiger partial charge in [-0.1, -0.05) is 23.7 Å². The van der Waals surface area contributed by atoms with Crippen LogP contribution in [0.4, 0.5) is 13.2 Å². The fraction of sp³-hybridized carbons (Fsp3) is 0.517. The fourth-order valence-corrected chi connectivity index (χ4v) is 5.86. The molecule has 2 aliphatic rings. The summed E-state index contributed by atoms with van der Waals surface area (Å²) >= 11 is 6.10. The monoisotopic (exact) mass is 565 g/mol. The first kappa shape index (κ1) is 29.2. The zero-order chi connectivity index (χ0) is 28.5. The van der Waals surface area contributed by atoms with Crippen molar-refractivity contribution in [3.8, 4) is 5.75 Å². The Hall–Kier alpha value is -2.78. The molecule has 0 spiro atoms. The van der Waals surface area contributed by atoms with Gasteiger partial charge < -0.3 is 19.4 Å². The molecule has 0 saturated carbocycles.